The van der Waals surface area contributed by atoms with E-state index in [4.69, 9.17) is 25.8 Å². The third kappa shape index (κ3) is 4.27. The molecular formula is C15H20BrClO3. The van der Waals surface area contributed by atoms with E-state index in [-0.39, 0.29) is 0 Å². The van der Waals surface area contributed by atoms with Crippen LogP contribution in [0.1, 0.15) is 31.7 Å². The largest absolute Gasteiger partial charge is 0.490 e. The topological polar surface area (TPSA) is 27.7 Å². The fourth-order valence-corrected chi connectivity index (χ4v) is 3.02. The molecule has 0 aliphatic carbocycles. The van der Waals surface area contributed by atoms with Crippen LogP contribution in [0.4, 0.5) is 0 Å². The molecule has 0 radical (unpaired) electrons. The Morgan fingerprint density at radius 3 is 2.90 bits per heavy atom. The van der Waals surface area contributed by atoms with E-state index < -0.39 is 0 Å². The lowest BCUT2D eigenvalue weighted by Gasteiger charge is -2.16. The fraction of sp³-hybridized carbons (Fsp3) is 0.600. The normalized spacial score (nSPS) is 18.2. The van der Waals surface area contributed by atoms with Gasteiger partial charge in [-0.25, -0.2) is 0 Å². The van der Waals surface area contributed by atoms with Gasteiger partial charge in [-0.3, -0.25) is 0 Å². The maximum atomic E-state index is 5.89. The van der Waals surface area contributed by atoms with Gasteiger partial charge in [-0.15, -0.1) is 11.6 Å². The molecule has 1 aromatic carbocycles. The number of rotatable bonds is 7. The average molecular weight is 364 g/mol. The Bertz CT molecular complexity index is 433. The van der Waals surface area contributed by atoms with Gasteiger partial charge in [0.25, 0.3) is 0 Å². The summed E-state index contributed by atoms with van der Waals surface area (Å²) in [6.07, 6.45) is 3.54. The quantitative estimate of drug-likeness (QED) is 0.666. The lowest BCUT2D eigenvalue weighted by atomic mass is 10.2. The predicted molar refractivity (Wildman–Crippen MR) is 84.0 cm³/mol. The number of alkyl halides is 1. The third-order valence-electron chi connectivity index (χ3n) is 3.23. The van der Waals surface area contributed by atoms with Crippen LogP contribution >= 0.6 is 27.5 Å². The van der Waals surface area contributed by atoms with Gasteiger partial charge in [-0.2, -0.15) is 0 Å². The molecule has 0 spiro atoms. The summed E-state index contributed by atoms with van der Waals surface area (Å²) in [4.78, 5) is 0. The SMILES string of the molecule is CCOc1cc(CCl)cc(Br)c1OCCC1CCCO1. The molecule has 1 saturated heterocycles. The van der Waals surface area contributed by atoms with Crippen LogP contribution < -0.4 is 9.47 Å². The van der Waals surface area contributed by atoms with Crippen LogP contribution in [-0.2, 0) is 10.6 Å². The molecule has 0 aromatic heterocycles. The first-order valence-electron chi connectivity index (χ1n) is 7.00. The summed E-state index contributed by atoms with van der Waals surface area (Å²) in [5.74, 6) is 1.94. The summed E-state index contributed by atoms with van der Waals surface area (Å²) in [7, 11) is 0. The number of hydrogen-bond acceptors (Lipinski definition) is 3. The zero-order valence-corrected chi connectivity index (χ0v) is 14.0. The van der Waals surface area contributed by atoms with E-state index in [1.165, 1.54) is 0 Å². The summed E-state index contributed by atoms with van der Waals surface area (Å²) in [6.45, 7) is 4.06. The smallest absolute Gasteiger partial charge is 0.175 e. The van der Waals surface area contributed by atoms with Gasteiger partial charge >= 0.3 is 0 Å². The first kappa shape index (κ1) is 15.9. The van der Waals surface area contributed by atoms with Crippen molar-refractivity contribution in [3.8, 4) is 11.5 Å². The van der Waals surface area contributed by atoms with Crippen molar-refractivity contribution in [1.29, 1.82) is 0 Å². The van der Waals surface area contributed by atoms with Crippen molar-refractivity contribution >= 4 is 27.5 Å². The molecular weight excluding hydrogens is 344 g/mol. The Balaban J connectivity index is 2.00. The molecule has 0 amide bonds. The molecule has 5 heteroatoms. The van der Waals surface area contributed by atoms with Crippen molar-refractivity contribution in [3.63, 3.8) is 0 Å². The number of ether oxygens (including phenoxy) is 3. The third-order valence-corrected chi connectivity index (χ3v) is 4.13. The second-order valence-corrected chi connectivity index (χ2v) is 5.87. The highest BCUT2D eigenvalue weighted by Gasteiger charge is 2.17. The molecule has 1 unspecified atom stereocenters. The minimum absolute atomic E-state index is 0.339. The monoisotopic (exact) mass is 362 g/mol. The Hall–Kier alpha value is -0.450. The van der Waals surface area contributed by atoms with E-state index in [2.05, 4.69) is 15.9 Å². The lowest BCUT2D eigenvalue weighted by Crippen LogP contribution is -2.11. The van der Waals surface area contributed by atoms with E-state index in [0.29, 0.717) is 25.2 Å². The molecule has 1 heterocycles. The molecule has 1 aliphatic heterocycles. The van der Waals surface area contributed by atoms with E-state index in [9.17, 15) is 0 Å². The number of benzene rings is 1. The van der Waals surface area contributed by atoms with Crippen LogP contribution in [0.25, 0.3) is 0 Å². The number of hydrogen-bond donors (Lipinski definition) is 0. The standard InChI is InChI=1S/C15H20BrClO3/c1-2-18-14-9-11(10-17)8-13(16)15(14)20-7-5-12-4-3-6-19-12/h8-9,12H,2-7,10H2,1H3. The molecule has 112 valence electrons. The van der Waals surface area contributed by atoms with Crippen LogP contribution in [-0.4, -0.2) is 25.9 Å². The molecule has 1 aliphatic rings. The van der Waals surface area contributed by atoms with E-state index in [1.807, 2.05) is 19.1 Å². The summed E-state index contributed by atoms with van der Waals surface area (Å²) in [5, 5.41) is 0. The van der Waals surface area contributed by atoms with Gasteiger partial charge in [0.1, 0.15) is 0 Å². The second kappa shape index (κ2) is 8.11. The Morgan fingerprint density at radius 2 is 2.25 bits per heavy atom. The molecule has 3 nitrogen and oxygen atoms in total. The van der Waals surface area contributed by atoms with Crippen LogP contribution in [0.5, 0.6) is 11.5 Å². The summed E-state index contributed by atoms with van der Waals surface area (Å²) in [5.41, 5.74) is 1.01. The minimum Gasteiger partial charge on any atom is -0.490 e. The minimum atomic E-state index is 0.339. The van der Waals surface area contributed by atoms with Crippen LogP contribution in [0.3, 0.4) is 0 Å². The van der Waals surface area contributed by atoms with E-state index in [0.717, 1.165) is 47.4 Å². The molecule has 0 bridgehead atoms. The first-order valence-corrected chi connectivity index (χ1v) is 8.33. The van der Waals surface area contributed by atoms with Crippen molar-refractivity contribution in [2.75, 3.05) is 19.8 Å². The van der Waals surface area contributed by atoms with Crippen molar-refractivity contribution in [1.82, 2.24) is 0 Å². The molecule has 20 heavy (non-hydrogen) atoms. The highest BCUT2D eigenvalue weighted by molar-refractivity contribution is 9.10. The summed E-state index contributed by atoms with van der Waals surface area (Å²) < 4.78 is 18.0. The molecule has 2 rings (SSSR count). The van der Waals surface area contributed by atoms with Crippen LogP contribution in [0, 0.1) is 0 Å². The van der Waals surface area contributed by atoms with E-state index in [1.54, 1.807) is 0 Å². The van der Waals surface area contributed by atoms with Crippen molar-refractivity contribution in [3.05, 3.63) is 22.2 Å². The first-order chi connectivity index (χ1) is 9.74. The second-order valence-electron chi connectivity index (χ2n) is 4.74. The van der Waals surface area contributed by atoms with Gasteiger partial charge in [0, 0.05) is 18.9 Å². The van der Waals surface area contributed by atoms with Gasteiger partial charge in [0.15, 0.2) is 11.5 Å². The molecule has 0 N–H and O–H groups in total. The zero-order chi connectivity index (χ0) is 14.4. The molecule has 0 saturated carbocycles. The number of halogens is 2. The fourth-order valence-electron chi connectivity index (χ4n) is 2.27. The van der Waals surface area contributed by atoms with Crippen molar-refractivity contribution in [2.45, 2.75) is 38.2 Å². The van der Waals surface area contributed by atoms with Gasteiger partial charge in [0.05, 0.1) is 23.8 Å². The Morgan fingerprint density at radius 1 is 1.40 bits per heavy atom. The maximum Gasteiger partial charge on any atom is 0.175 e. The summed E-state index contributed by atoms with van der Waals surface area (Å²) >= 11 is 9.41. The van der Waals surface area contributed by atoms with E-state index >= 15 is 0 Å². The van der Waals surface area contributed by atoms with Crippen molar-refractivity contribution < 1.29 is 14.2 Å². The highest BCUT2D eigenvalue weighted by atomic mass is 79.9. The molecule has 1 atom stereocenters. The maximum absolute atomic E-state index is 5.89. The average Bonchev–Trinajstić information content (AvgIpc) is 2.95. The molecule has 1 aromatic rings. The Kier molecular flexibility index (Phi) is 6.46. The highest BCUT2D eigenvalue weighted by Crippen LogP contribution is 2.37. The zero-order valence-electron chi connectivity index (χ0n) is 11.7. The Labute approximate surface area is 133 Å². The van der Waals surface area contributed by atoms with Gasteiger partial charge in [0.2, 0.25) is 0 Å². The van der Waals surface area contributed by atoms with Gasteiger partial charge < -0.3 is 14.2 Å². The van der Waals surface area contributed by atoms with Crippen LogP contribution in [0.15, 0.2) is 16.6 Å². The van der Waals surface area contributed by atoms with Gasteiger partial charge in [-0.1, -0.05) is 0 Å². The lowest BCUT2D eigenvalue weighted by molar-refractivity contribution is 0.0896. The molecule has 1 fully saturated rings. The van der Waals surface area contributed by atoms with Gasteiger partial charge in [-0.05, 0) is 53.4 Å². The van der Waals surface area contributed by atoms with Crippen LogP contribution in [0.2, 0.25) is 0 Å². The van der Waals surface area contributed by atoms with Crippen molar-refractivity contribution in [2.24, 2.45) is 0 Å². The summed E-state index contributed by atoms with van der Waals surface area (Å²) in [6, 6.07) is 3.90. The predicted octanol–water partition coefficient (Wildman–Crippen LogP) is 4.53.